The molecule has 8 heteroatoms. The quantitative estimate of drug-likeness (QED) is 0.779. The highest BCUT2D eigenvalue weighted by atomic mass is 16.5. The number of aryl methyl sites for hydroxylation is 4. The highest BCUT2D eigenvalue weighted by Gasteiger charge is 2.21. The molecule has 0 aliphatic heterocycles. The summed E-state index contributed by atoms with van der Waals surface area (Å²) in [7, 11) is 1.47. The Bertz CT molecular complexity index is 853. The number of nitrogens with zero attached hydrogens (tertiary/aromatic N) is 2. The third-order valence-corrected chi connectivity index (χ3v) is 4.04. The Kier molecular flexibility index (Phi) is 6.33. The fourth-order valence-corrected chi connectivity index (χ4v) is 2.45. The lowest BCUT2D eigenvalue weighted by molar-refractivity contribution is -0.136. The number of ether oxygens (including phenoxy) is 1. The molecule has 8 nitrogen and oxygen atoms in total. The molecule has 2 aromatic rings. The topological polar surface area (TPSA) is 102 Å². The molecule has 1 aromatic heterocycles. The Balaban J connectivity index is 1.87. The number of carbonyl (C=O) groups excluding carboxylic acids is 3. The van der Waals surface area contributed by atoms with Crippen LogP contribution in [0, 0.1) is 27.7 Å². The van der Waals surface area contributed by atoms with E-state index in [-0.39, 0.29) is 18.0 Å². The van der Waals surface area contributed by atoms with Crippen molar-refractivity contribution in [3.63, 3.8) is 0 Å². The molecule has 1 N–H and O–H groups in total. The first-order valence-corrected chi connectivity index (χ1v) is 8.40. The van der Waals surface area contributed by atoms with Crippen LogP contribution in [-0.2, 0) is 14.3 Å². The van der Waals surface area contributed by atoms with Crippen LogP contribution in [0.4, 0.5) is 5.69 Å². The number of likely N-dealkylation sites (N-methyl/N-ethyl adjacent to an activating group) is 1. The molecular weight excluding hydrogens is 350 g/mol. The monoisotopic (exact) mass is 373 g/mol. The first-order chi connectivity index (χ1) is 12.7. The molecule has 0 unspecified atom stereocenters. The fraction of sp³-hybridized carbons (Fsp3) is 0.368. The van der Waals surface area contributed by atoms with Crippen molar-refractivity contribution in [3.8, 4) is 0 Å². The van der Waals surface area contributed by atoms with Crippen LogP contribution in [0.5, 0.6) is 0 Å². The molecule has 0 aliphatic rings. The van der Waals surface area contributed by atoms with Crippen molar-refractivity contribution >= 4 is 23.5 Å². The van der Waals surface area contributed by atoms with Crippen LogP contribution in [0.1, 0.15) is 32.9 Å². The Morgan fingerprint density at radius 1 is 1.19 bits per heavy atom. The molecule has 0 saturated carbocycles. The predicted molar refractivity (Wildman–Crippen MR) is 98.4 cm³/mol. The number of rotatable bonds is 6. The van der Waals surface area contributed by atoms with Gasteiger partial charge in [0.05, 0.1) is 12.2 Å². The van der Waals surface area contributed by atoms with Crippen LogP contribution in [0.15, 0.2) is 22.7 Å². The summed E-state index contributed by atoms with van der Waals surface area (Å²) in [6.07, 6.45) is 0. The van der Waals surface area contributed by atoms with Crippen LogP contribution in [0.3, 0.4) is 0 Å². The Morgan fingerprint density at radius 3 is 2.52 bits per heavy atom. The molecule has 27 heavy (non-hydrogen) atoms. The van der Waals surface area contributed by atoms with Gasteiger partial charge in [-0.1, -0.05) is 17.3 Å². The maximum Gasteiger partial charge on any atom is 0.344 e. The van der Waals surface area contributed by atoms with E-state index in [1.54, 1.807) is 13.8 Å². The lowest BCUT2D eigenvalue weighted by atomic mass is 10.1. The fourth-order valence-electron chi connectivity index (χ4n) is 2.45. The van der Waals surface area contributed by atoms with Gasteiger partial charge in [-0.15, -0.1) is 0 Å². The number of amides is 2. The normalized spacial score (nSPS) is 10.4. The second-order valence-corrected chi connectivity index (χ2v) is 6.39. The molecule has 0 aliphatic carbocycles. The summed E-state index contributed by atoms with van der Waals surface area (Å²) in [4.78, 5) is 37.5. The SMILES string of the molecule is Cc1ccc(C)c(NC(=O)CN(C)C(=O)COC(=O)c2c(C)noc2C)c1. The molecule has 2 amide bonds. The van der Waals surface area contributed by atoms with Crippen molar-refractivity contribution in [1.82, 2.24) is 10.1 Å². The maximum absolute atomic E-state index is 12.2. The van der Waals surface area contributed by atoms with Crippen LogP contribution in [-0.4, -0.2) is 48.0 Å². The molecule has 1 aromatic carbocycles. The van der Waals surface area contributed by atoms with Crippen molar-refractivity contribution in [2.75, 3.05) is 25.5 Å². The maximum atomic E-state index is 12.2. The van der Waals surface area contributed by atoms with Crippen LogP contribution < -0.4 is 5.32 Å². The van der Waals surface area contributed by atoms with Gasteiger partial charge in [0.2, 0.25) is 5.91 Å². The third-order valence-electron chi connectivity index (χ3n) is 4.04. The Hall–Kier alpha value is -3.16. The number of aromatic nitrogens is 1. The summed E-state index contributed by atoms with van der Waals surface area (Å²) < 4.78 is 9.90. The summed E-state index contributed by atoms with van der Waals surface area (Å²) in [6, 6.07) is 5.72. The van der Waals surface area contributed by atoms with E-state index in [9.17, 15) is 14.4 Å². The summed E-state index contributed by atoms with van der Waals surface area (Å²) in [5.74, 6) is -1.19. The summed E-state index contributed by atoms with van der Waals surface area (Å²) >= 11 is 0. The number of esters is 1. The van der Waals surface area contributed by atoms with Gasteiger partial charge in [0, 0.05) is 12.7 Å². The zero-order valence-electron chi connectivity index (χ0n) is 16.1. The van der Waals surface area contributed by atoms with Gasteiger partial charge >= 0.3 is 5.97 Å². The Morgan fingerprint density at radius 2 is 1.89 bits per heavy atom. The number of anilines is 1. The van der Waals surface area contributed by atoms with Crippen molar-refractivity contribution in [1.29, 1.82) is 0 Å². The number of benzene rings is 1. The van der Waals surface area contributed by atoms with Crippen molar-refractivity contribution < 1.29 is 23.6 Å². The number of hydrogen-bond acceptors (Lipinski definition) is 6. The minimum absolute atomic E-state index is 0.158. The van der Waals surface area contributed by atoms with E-state index >= 15 is 0 Å². The van der Waals surface area contributed by atoms with Crippen molar-refractivity contribution in [3.05, 3.63) is 46.3 Å². The van der Waals surface area contributed by atoms with Gasteiger partial charge in [0.25, 0.3) is 5.91 Å². The zero-order valence-corrected chi connectivity index (χ0v) is 16.1. The predicted octanol–water partition coefficient (Wildman–Crippen LogP) is 2.16. The largest absolute Gasteiger partial charge is 0.452 e. The van der Waals surface area contributed by atoms with E-state index in [0.29, 0.717) is 17.1 Å². The van der Waals surface area contributed by atoms with E-state index in [2.05, 4.69) is 10.5 Å². The molecule has 0 atom stereocenters. The van der Waals surface area contributed by atoms with Crippen LogP contribution in [0.2, 0.25) is 0 Å². The highest BCUT2D eigenvalue weighted by molar-refractivity contribution is 5.96. The second-order valence-electron chi connectivity index (χ2n) is 6.39. The molecule has 0 radical (unpaired) electrons. The Labute approximate surface area is 157 Å². The van der Waals surface area contributed by atoms with E-state index in [1.165, 1.54) is 11.9 Å². The average Bonchev–Trinajstić information content (AvgIpc) is 2.94. The van der Waals surface area contributed by atoms with Gasteiger partial charge in [-0.3, -0.25) is 9.59 Å². The lowest BCUT2D eigenvalue weighted by Gasteiger charge is -2.17. The highest BCUT2D eigenvalue weighted by Crippen LogP contribution is 2.16. The molecule has 144 valence electrons. The minimum Gasteiger partial charge on any atom is -0.452 e. The smallest absolute Gasteiger partial charge is 0.344 e. The minimum atomic E-state index is -0.687. The number of hydrogen-bond donors (Lipinski definition) is 1. The van der Waals surface area contributed by atoms with Gasteiger partial charge in [-0.05, 0) is 44.9 Å². The summed E-state index contributed by atoms with van der Waals surface area (Å²) in [6.45, 7) is 6.38. The first kappa shape index (κ1) is 20.2. The second kappa shape index (κ2) is 8.48. The average molecular weight is 373 g/mol. The van der Waals surface area contributed by atoms with Crippen molar-refractivity contribution in [2.24, 2.45) is 0 Å². The molecule has 0 bridgehead atoms. The van der Waals surface area contributed by atoms with Gasteiger partial charge in [-0.25, -0.2) is 4.79 Å². The third kappa shape index (κ3) is 5.16. The van der Waals surface area contributed by atoms with Crippen molar-refractivity contribution in [2.45, 2.75) is 27.7 Å². The summed E-state index contributed by atoms with van der Waals surface area (Å²) in [5, 5.41) is 6.45. The van der Waals surface area contributed by atoms with E-state index in [4.69, 9.17) is 9.26 Å². The van der Waals surface area contributed by atoms with E-state index in [0.717, 1.165) is 11.1 Å². The zero-order chi connectivity index (χ0) is 20.1. The molecule has 0 fully saturated rings. The summed E-state index contributed by atoms with van der Waals surface area (Å²) in [5.41, 5.74) is 3.25. The van der Waals surface area contributed by atoms with E-state index in [1.807, 2.05) is 32.0 Å². The molecular formula is C19H23N3O5. The van der Waals surface area contributed by atoms with Gasteiger partial charge in [0.15, 0.2) is 6.61 Å². The van der Waals surface area contributed by atoms with Crippen LogP contribution in [0.25, 0.3) is 0 Å². The molecule has 1 heterocycles. The number of carbonyl (C=O) groups is 3. The molecule has 0 saturated heterocycles. The van der Waals surface area contributed by atoms with Crippen LogP contribution >= 0.6 is 0 Å². The number of nitrogens with one attached hydrogen (secondary N) is 1. The lowest BCUT2D eigenvalue weighted by Crippen LogP contribution is -2.37. The molecule has 2 rings (SSSR count). The molecule has 0 spiro atoms. The first-order valence-electron chi connectivity index (χ1n) is 8.40. The van der Waals surface area contributed by atoms with Gasteiger partial charge in [0.1, 0.15) is 11.3 Å². The van der Waals surface area contributed by atoms with Gasteiger partial charge < -0.3 is 19.5 Å². The standard InChI is InChI=1S/C19H23N3O5/c1-11-6-7-12(2)15(8-11)20-16(23)9-22(5)17(24)10-26-19(25)18-13(3)21-27-14(18)4/h6-8H,9-10H2,1-5H3,(H,20,23). The van der Waals surface area contributed by atoms with Gasteiger partial charge in [-0.2, -0.15) is 0 Å². The van der Waals surface area contributed by atoms with E-state index < -0.39 is 18.5 Å².